The molecule has 34 heavy (non-hydrogen) atoms. The van der Waals surface area contributed by atoms with E-state index in [1.807, 2.05) is 32.0 Å². The van der Waals surface area contributed by atoms with Crippen LogP contribution in [0, 0.1) is 0 Å². The van der Waals surface area contributed by atoms with Crippen LogP contribution in [0.1, 0.15) is 27.7 Å². The Morgan fingerprint density at radius 3 is 2.09 bits per heavy atom. The molecule has 0 spiro atoms. The summed E-state index contributed by atoms with van der Waals surface area (Å²) < 4.78 is 12.3. The Labute approximate surface area is 201 Å². The molecule has 0 aliphatic carbocycles. The average Bonchev–Trinajstić information content (AvgIpc) is 3.21. The number of rotatable bonds is 6. The Morgan fingerprint density at radius 1 is 0.706 bits per heavy atom. The third-order valence-corrected chi connectivity index (χ3v) is 6.79. The number of para-hydroxylation sites is 1. The van der Waals surface area contributed by atoms with Crippen molar-refractivity contribution in [1.82, 2.24) is 0 Å². The van der Waals surface area contributed by atoms with E-state index in [-0.39, 0.29) is 0 Å². The molecule has 1 heterocycles. The van der Waals surface area contributed by atoms with Crippen LogP contribution in [0.25, 0.3) is 44.2 Å². The highest BCUT2D eigenvalue weighted by atomic mass is 16.5. The first-order valence-corrected chi connectivity index (χ1v) is 11.6. The van der Waals surface area contributed by atoms with Crippen LogP contribution in [-0.4, -0.2) is 23.8 Å². The zero-order chi connectivity index (χ0) is 23.9. The van der Waals surface area contributed by atoms with Gasteiger partial charge in [0, 0.05) is 16.3 Å². The van der Waals surface area contributed by atoms with Crippen LogP contribution < -0.4 is 5.46 Å². The van der Waals surface area contributed by atoms with Crippen molar-refractivity contribution in [2.24, 2.45) is 0 Å². The lowest BCUT2D eigenvalue weighted by atomic mass is 9.82. The first-order chi connectivity index (χ1) is 16.2. The van der Waals surface area contributed by atoms with Gasteiger partial charge in [-0.1, -0.05) is 84.9 Å². The minimum absolute atomic E-state index is 0.727. The fraction of sp³-hybridized carbons (Fsp3) is 0.200. The summed E-state index contributed by atoms with van der Waals surface area (Å²) in [6.07, 6.45) is 0. The summed E-state index contributed by atoms with van der Waals surface area (Å²) in [7, 11) is 1.69. The lowest BCUT2D eigenvalue weighted by Crippen LogP contribution is -2.49. The molecule has 0 saturated carbocycles. The summed E-state index contributed by atoms with van der Waals surface area (Å²) in [4.78, 5) is 0. The highest BCUT2D eigenvalue weighted by Crippen LogP contribution is 2.36. The second-order valence-corrected chi connectivity index (χ2v) is 9.79. The molecule has 0 saturated heterocycles. The Kier molecular flexibility index (Phi) is 5.59. The number of aliphatic hydroxyl groups is 1. The van der Waals surface area contributed by atoms with Gasteiger partial charge in [-0.2, -0.15) is 0 Å². The zero-order valence-electron chi connectivity index (χ0n) is 20.0. The SMILES string of the molecule is CC(C)(O)C(C)(C)O[B]c1ccc2c(c1)oc1c(-c3ccc(-c4ccccc4)cc3)cccc12. The number of furan rings is 1. The molecule has 3 nitrogen and oxygen atoms in total. The van der Waals surface area contributed by atoms with Gasteiger partial charge in [0.15, 0.2) is 0 Å². The Bertz CT molecular complexity index is 1440. The molecule has 0 bridgehead atoms. The van der Waals surface area contributed by atoms with E-state index in [0.717, 1.165) is 38.5 Å². The van der Waals surface area contributed by atoms with Gasteiger partial charge in [0.2, 0.25) is 0 Å². The largest absolute Gasteiger partial charge is 0.455 e. The van der Waals surface area contributed by atoms with Crippen molar-refractivity contribution in [2.45, 2.75) is 38.9 Å². The molecule has 1 N–H and O–H groups in total. The number of hydrogen-bond acceptors (Lipinski definition) is 3. The van der Waals surface area contributed by atoms with Crippen molar-refractivity contribution in [2.75, 3.05) is 0 Å². The van der Waals surface area contributed by atoms with E-state index >= 15 is 0 Å². The van der Waals surface area contributed by atoms with Crippen LogP contribution in [0.5, 0.6) is 0 Å². The molecule has 0 aliphatic rings. The molecule has 1 radical (unpaired) electrons. The van der Waals surface area contributed by atoms with Crippen molar-refractivity contribution in [3.63, 3.8) is 0 Å². The van der Waals surface area contributed by atoms with E-state index in [9.17, 15) is 5.11 Å². The first-order valence-electron chi connectivity index (χ1n) is 11.6. The van der Waals surface area contributed by atoms with Crippen LogP contribution in [0.15, 0.2) is 95.4 Å². The molecule has 5 aromatic rings. The van der Waals surface area contributed by atoms with E-state index in [1.54, 1.807) is 21.3 Å². The number of hydrogen-bond donors (Lipinski definition) is 1. The van der Waals surface area contributed by atoms with Crippen LogP contribution in [0.4, 0.5) is 0 Å². The van der Waals surface area contributed by atoms with Gasteiger partial charge < -0.3 is 14.2 Å². The highest BCUT2D eigenvalue weighted by molar-refractivity contribution is 6.47. The van der Waals surface area contributed by atoms with E-state index in [0.29, 0.717) is 0 Å². The molecule has 0 atom stereocenters. The van der Waals surface area contributed by atoms with Crippen LogP contribution in [-0.2, 0) is 4.65 Å². The summed E-state index contributed by atoms with van der Waals surface area (Å²) in [5.41, 5.74) is 5.45. The Morgan fingerprint density at radius 2 is 1.38 bits per heavy atom. The van der Waals surface area contributed by atoms with E-state index in [1.165, 1.54) is 11.1 Å². The van der Waals surface area contributed by atoms with E-state index in [2.05, 4.69) is 72.8 Å². The topological polar surface area (TPSA) is 42.6 Å². The summed E-state index contributed by atoms with van der Waals surface area (Å²) in [5, 5.41) is 12.5. The molecule has 0 fully saturated rings. The van der Waals surface area contributed by atoms with Gasteiger partial charge in [0.1, 0.15) is 11.2 Å². The highest BCUT2D eigenvalue weighted by Gasteiger charge is 2.35. The molecule has 4 heteroatoms. The summed E-state index contributed by atoms with van der Waals surface area (Å²) in [6.45, 7) is 7.24. The molecule has 0 aliphatic heterocycles. The molecule has 0 unspecified atom stereocenters. The van der Waals surface area contributed by atoms with Gasteiger partial charge in [-0.3, -0.25) is 0 Å². The summed E-state index contributed by atoms with van der Waals surface area (Å²) in [6, 6.07) is 31.3. The summed E-state index contributed by atoms with van der Waals surface area (Å²) in [5.74, 6) is 0. The predicted octanol–water partition coefficient (Wildman–Crippen LogP) is 6.73. The lowest BCUT2D eigenvalue weighted by molar-refractivity contribution is -0.0893. The normalized spacial score (nSPS) is 12.4. The van der Waals surface area contributed by atoms with Gasteiger partial charge in [-0.05, 0) is 55.9 Å². The molecular formula is C30H28BO3. The second-order valence-electron chi connectivity index (χ2n) is 9.79. The van der Waals surface area contributed by atoms with E-state index < -0.39 is 11.2 Å². The van der Waals surface area contributed by atoms with Crippen molar-refractivity contribution < 1.29 is 14.2 Å². The quantitative estimate of drug-likeness (QED) is 0.294. The monoisotopic (exact) mass is 447 g/mol. The third-order valence-electron chi connectivity index (χ3n) is 6.79. The Hall–Kier alpha value is -3.34. The predicted molar refractivity (Wildman–Crippen MR) is 141 cm³/mol. The third kappa shape index (κ3) is 4.15. The summed E-state index contributed by atoms with van der Waals surface area (Å²) >= 11 is 0. The van der Waals surface area contributed by atoms with E-state index in [4.69, 9.17) is 9.07 Å². The van der Waals surface area contributed by atoms with Crippen LogP contribution >= 0.6 is 0 Å². The molecule has 169 valence electrons. The van der Waals surface area contributed by atoms with Gasteiger partial charge in [0.25, 0.3) is 0 Å². The average molecular weight is 447 g/mol. The van der Waals surface area contributed by atoms with Crippen molar-refractivity contribution in [3.8, 4) is 22.3 Å². The second kappa shape index (κ2) is 8.46. The van der Waals surface area contributed by atoms with Gasteiger partial charge in [-0.15, -0.1) is 0 Å². The molecule has 4 aromatic carbocycles. The maximum Gasteiger partial charge on any atom is 0.331 e. The minimum atomic E-state index is -0.974. The fourth-order valence-corrected chi connectivity index (χ4v) is 3.95. The zero-order valence-corrected chi connectivity index (χ0v) is 20.0. The molecule has 5 rings (SSSR count). The van der Waals surface area contributed by atoms with Crippen LogP contribution in [0.2, 0.25) is 0 Å². The van der Waals surface area contributed by atoms with Crippen molar-refractivity contribution in [3.05, 3.63) is 91.0 Å². The lowest BCUT2D eigenvalue weighted by Gasteiger charge is -2.37. The minimum Gasteiger partial charge on any atom is -0.455 e. The Balaban J connectivity index is 1.48. The first kappa shape index (κ1) is 22.5. The van der Waals surface area contributed by atoms with Gasteiger partial charge in [0.05, 0.1) is 11.2 Å². The van der Waals surface area contributed by atoms with Gasteiger partial charge >= 0.3 is 7.48 Å². The maximum atomic E-state index is 10.3. The number of benzene rings is 4. The van der Waals surface area contributed by atoms with Crippen LogP contribution in [0.3, 0.4) is 0 Å². The van der Waals surface area contributed by atoms with Gasteiger partial charge in [-0.25, -0.2) is 0 Å². The molecule has 0 amide bonds. The smallest absolute Gasteiger partial charge is 0.331 e. The fourth-order valence-electron chi connectivity index (χ4n) is 3.95. The van der Waals surface area contributed by atoms with Crippen molar-refractivity contribution >= 4 is 34.9 Å². The standard InChI is InChI=1S/C30H28BO3/c1-29(2,32)30(3,4)34-31-23-17-18-25-26-12-8-11-24(28(26)33-27(25)19-23)22-15-13-21(14-16-22)20-9-6-5-7-10-20/h5-19,32H,1-4H3. The molecular weight excluding hydrogens is 419 g/mol. The molecule has 1 aromatic heterocycles. The number of fused-ring (bicyclic) bond motifs is 3. The maximum absolute atomic E-state index is 10.3. The van der Waals surface area contributed by atoms with Crippen molar-refractivity contribution in [1.29, 1.82) is 0 Å².